The number of hydrogen-bond acceptors (Lipinski definition) is 2. The van der Waals surface area contributed by atoms with Gasteiger partial charge in [0.15, 0.2) is 0 Å². The molecule has 1 rings (SSSR count). The Balaban J connectivity index is 2.53. The van der Waals surface area contributed by atoms with Gasteiger partial charge in [0.25, 0.3) is 0 Å². The first-order valence-corrected chi connectivity index (χ1v) is 7.18. The SMILES string of the molecule is CCCC[C@H](O)/C=C/[S@@](=O)c1ccc(C)cc1. The Labute approximate surface area is 106 Å². The van der Waals surface area contributed by atoms with Crippen LogP contribution in [0.1, 0.15) is 31.7 Å². The third-order valence-corrected chi connectivity index (χ3v) is 3.67. The van der Waals surface area contributed by atoms with Crippen molar-refractivity contribution >= 4 is 10.8 Å². The van der Waals surface area contributed by atoms with Crippen LogP contribution in [0.4, 0.5) is 0 Å². The van der Waals surface area contributed by atoms with Crippen LogP contribution in [0.5, 0.6) is 0 Å². The molecule has 2 atom stereocenters. The van der Waals surface area contributed by atoms with Gasteiger partial charge < -0.3 is 5.11 Å². The topological polar surface area (TPSA) is 37.3 Å². The summed E-state index contributed by atoms with van der Waals surface area (Å²) in [7, 11) is -1.16. The van der Waals surface area contributed by atoms with E-state index in [0.717, 1.165) is 29.7 Å². The zero-order chi connectivity index (χ0) is 12.7. The van der Waals surface area contributed by atoms with Crippen LogP contribution in [0.25, 0.3) is 0 Å². The van der Waals surface area contributed by atoms with Gasteiger partial charge in [-0.1, -0.05) is 37.5 Å². The first-order valence-electron chi connectivity index (χ1n) is 5.97. The van der Waals surface area contributed by atoms with Gasteiger partial charge in [0.2, 0.25) is 0 Å². The maximum Gasteiger partial charge on any atom is 0.0773 e. The molecule has 0 saturated heterocycles. The van der Waals surface area contributed by atoms with E-state index in [9.17, 15) is 9.32 Å². The van der Waals surface area contributed by atoms with Gasteiger partial charge in [-0.3, -0.25) is 0 Å². The summed E-state index contributed by atoms with van der Waals surface area (Å²) >= 11 is 0. The van der Waals surface area contributed by atoms with Crippen LogP contribution < -0.4 is 0 Å². The molecule has 3 heteroatoms. The van der Waals surface area contributed by atoms with Gasteiger partial charge in [-0.05, 0) is 31.6 Å². The third-order valence-electron chi connectivity index (χ3n) is 2.53. The fraction of sp³-hybridized carbons (Fsp3) is 0.429. The summed E-state index contributed by atoms with van der Waals surface area (Å²) in [5, 5.41) is 11.2. The predicted molar refractivity (Wildman–Crippen MR) is 72.3 cm³/mol. The number of aryl methyl sites for hydroxylation is 1. The molecule has 0 aliphatic heterocycles. The van der Waals surface area contributed by atoms with E-state index in [-0.39, 0.29) is 0 Å². The van der Waals surface area contributed by atoms with Crippen molar-refractivity contribution in [2.75, 3.05) is 0 Å². The average Bonchev–Trinajstić information content (AvgIpc) is 2.34. The third kappa shape index (κ3) is 5.29. The van der Waals surface area contributed by atoms with E-state index in [1.165, 1.54) is 0 Å². The van der Waals surface area contributed by atoms with E-state index in [0.29, 0.717) is 0 Å². The van der Waals surface area contributed by atoms with E-state index in [4.69, 9.17) is 0 Å². The molecule has 0 radical (unpaired) electrons. The van der Waals surface area contributed by atoms with Crippen LogP contribution in [-0.4, -0.2) is 15.4 Å². The van der Waals surface area contributed by atoms with Crippen molar-refractivity contribution in [2.45, 2.75) is 44.1 Å². The van der Waals surface area contributed by atoms with Gasteiger partial charge >= 0.3 is 0 Å². The highest BCUT2D eigenvalue weighted by Gasteiger charge is 2.01. The maximum atomic E-state index is 11.8. The van der Waals surface area contributed by atoms with Crippen LogP contribution in [0.2, 0.25) is 0 Å². The lowest BCUT2D eigenvalue weighted by Gasteiger charge is -2.03. The van der Waals surface area contributed by atoms with Gasteiger partial charge in [0, 0.05) is 10.3 Å². The Hall–Kier alpha value is -0.930. The van der Waals surface area contributed by atoms with E-state index in [2.05, 4.69) is 6.92 Å². The van der Waals surface area contributed by atoms with E-state index < -0.39 is 16.9 Å². The van der Waals surface area contributed by atoms with E-state index >= 15 is 0 Å². The van der Waals surface area contributed by atoms with Crippen molar-refractivity contribution in [1.29, 1.82) is 0 Å². The highest BCUT2D eigenvalue weighted by Crippen LogP contribution is 2.10. The highest BCUT2D eigenvalue weighted by atomic mass is 32.2. The van der Waals surface area contributed by atoms with Crippen molar-refractivity contribution in [1.82, 2.24) is 0 Å². The molecule has 1 aromatic carbocycles. The standard InChI is InChI=1S/C14H20O2S/c1-3-4-5-13(15)10-11-17(16)14-8-6-12(2)7-9-14/h6-11,13,15H,3-5H2,1-2H3/b11-10+/t13-,17+/m0/s1. The zero-order valence-electron chi connectivity index (χ0n) is 10.4. The molecule has 17 heavy (non-hydrogen) atoms. The molecule has 1 N–H and O–H groups in total. The summed E-state index contributed by atoms with van der Waals surface area (Å²) < 4.78 is 11.8. The predicted octanol–water partition coefficient (Wildman–Crippen LogP) is 3.17. The van der Waals surface area contributed by atoms with Gasteiger partial charge in [0.05, 0.1) is 16.9 Å². The molecule has 0 saturated carbocycles. The molecular formula is C14H20O2S. The Kier molecular flexibility index (Phi) is 6.16. The molecule has 94 valence electrons. The molecule has 0 amide bonds. The van der Waals surface area contributed by atoms with Crippen LogP contribution >= 0.6 is 0 Å². The molecule has 0 fully saturated rings. The maximum absolute atomic E-state index is 11.8. The Bertz CT molecular complexity index is 382. The lowest BCUT2D eigenvalue weighted by molar-refractivity contribution is 0.209. The number of hydrogen-bond donors (Lipinski definition) is 1. The second kappa shape index (κ2) is 7.41. The molecule has 0 bridgehead atoms. The largest absolute Gasteiger partial charge is 0.389 e. The fourth-order valence-electron chi connectivity index (χ4n) is 1.42. The minimum absolute atomic E-state index is 0.482. The summed E-state index contributed by atoms with van der Waals surface area (Å²) in [5.74, 6) is 0. The quantitative estimate of drug-likeness (QED) is 0.844. The molecule has 0 unspecified atom stereocenters. The first kappa shape index (κ1) is 14.1. The molecule has 0 heterocycles. The fourth-order valence-corrected chi connectivity index (χ4v) is 2.31. The Morgan fingerprint density at radius 2 is 2.00 bits per heavy atom. The summed E-state index contributed by atoms with van der Waals surface area (Å²) in [6.07, 6.45) is 3.93. The van der Waals surface area contributed by atoms with Gasteiger partial charge in [-0.2, -0.15) is 0 Å². The van der Waals surface area contributed by atoms with Crippen LogP contribution in [0.3, 0.4) is 0 Å². The minimum Gasteiger partial charge on any atom is -0.389 e. The number of rotatable bonds is 6. The Morgan fingerprint density at radius 1 is 1.35 bits per heavy atom. The van der Waals surface area contributed by atoms with Crippen molar-refractivity contribution in [3.63, 3.8) is 0 Å². The molecule has 2 nitrogen and oxygen atoms in total. The number of aliphatic hydroxyl groups is 1. The van der Waals surface area contributed by atoms with Crippen molar-refractivity contribution in [2.24, 2.45) is 0 Å². The van der Waals surface area contributed by atoms with Crippen molar-refractivity contribution in [3.8, 4) is 0 Å². The van der Waals surface area contributed by atoms with Crippen LogP contribution in [0.15, 0.2) is 40.6 Å². The highest BCUT2D eigenvalue weighted by molar-refractivity contribution is 7.88. The van der Waals surface area contributed by atoms with Crippen molar-refractivity contribution in [3.05, 3.63) is 41.3 Å². The molecule has 1 aromatic rings. The van der Waals surface area contributed by atoms with E-state index in [1.807, 2.05) is 31.2 Å². The van der Waals surface area contributed by atoms with Crippen molar-refractivity contribution < 1.29 is 9.32 Å². The summed E-state index contributed by atoms with van der Waals surface area (Å²) in [6, 6.07) is 7.59. The minimum atomic E-state index is -1.16. The summed E-state index contributed by atoms with van der Waals surface area (Å²) in [5.41, 5.74) is 1.15. The smallest absolute Gasteiger partial charge is 0.0773 e. The Morgan fingerprint density at radius 3 is 2.59 bits per heavy atom. The number of benzene rings is 1. The molecule has 0 aromatic heterocycles. The molecule has 0 spiro atoms. The first-order chi connectivity index (χ1) is 8.13. The molecular weight excluding hydrogens is 232 g/mol. The van der Waals surface area contributed by atoms with Gasteiger partial charge in [-0.25, -0.2) is 4.21 Å². The average molecular weight is 252 g/mol. The lowest BCUT2D eigenvalue weighted by Crippen LogP contribution is -2.01. The number of unbranched alkanes of at least 4 members (excludes halogenated alkanes) is 1. The van der Waals surface area contributed by atoms with E-state index in [1.54, 1.807) is 11.5 Å². The summed E-state index contributed by atoms with van der Waals surface area (Å²) in [6.45, 7) is 4.08. The normalized spacial score (nSPS) is 15.0. The monoisotopic (exact) mass is 252 g/mol. The van der Waals surface area contributed by atoms with Gasteiger partial charge in [-0.15, -0.1) is 0 Å². The molecule has 0 aliphatic carbocycles. The summed E-state index contributed by atoms with van der Waals surface area (Å²) in [4.78, 5) is 0.773. The number of aliphatic hydroxyl groups excluding tert-OH is 1. The van der Waals surface area contributed by atoms with Crippen LogP contribution in [-0.2, 0) is 10.8 Å². The second-order valence-electron chi connectivity index (χ2n) is 4.15. The molecule has 0 aliphatic rings. The van der Waals surface area contributed by atoms with Gasteiger partial charge in [0.1, 0.15) is 0 Å². The lowest BCUT2D eigenvalue weighted by atomic mass is 10.2. The zero-order valence-corrected chi connectivity index (χ0v) is 11.2. The van der Waals surface area contributed by atoms with Crippen LogP contribution in [0, 0.1) is 6.92 Å². The second-order valence-corrected chi connectivity index (χ2v) is 5.49.